The van der Waals surface area contributed by atoms with Crippen LogP contribution in [-0.4, -0.2) is 98.9 Å². The van der Waals surface area contributed by atoms with Crippen LogP contribution in [0.1, 0.15) is 36.0 Å². The lowest BCUT2D eigenvalue weighted by molar-refractivity contribution is -0.193. The largest absolute Gasteiger partial charge is 0.490 e. The Morgan fingerprint density at radius 2 is 1.47 bits per heavy atom. The molecule has 45 heavy (non-hydrogen) atoms. The maximum absolute atomic E-state index is 13.5. The molecule has 0 bridgehead atoms. The molecule has 2 aromatic heterocycles. The molecule has 0 spiro atoms. The van der Waals surface area contributed by atoms with Crippen molar-refractivity contribution in [2.45, 2.75) is 38.0 Å². The summed E-state index contributed by atoms with van der Waals surface area (Å²) in [6, 6.07) is 5.30. The monoisotopic (exact) mass is 648 g/mol. The summed E-state index contributed by atoms with van der Waals surface area (Å²) in [6.07, 6.45) is 0.551. The lowest BCUT2D eigenvalue weighted by Crippen LogP contribution is -2.48. The molecular formula is C27H30F6N6O6. The number of carboxylic acid groups (broad SMARTS) is 2. The summed E-state index contributed by atoms with van der Waals surface area (Å²) in [5.74, 6) is -4.07. The molecular weight excluding hydrogens is 618 g/mol. The van der Waals surface area contributed by atoms with Crippen molar-refractivity contribution in [3.63, 3.8) is 0 Å². The van der Waals surface area contributed by atoms with Crippen LogP contribution < -0.4 is 10.2 Å². The van der Waals surface area contributed by atoms with Crippen molar-refractivity contribution in [3.8, 4) is 0 Å². The Balaban J connectivity index is 0.000000331. The molecule has 2 saturated heterocycles. The number of carboxylic acids is 2. The van der Waals surface area contributed by atoms with Gasteiger partial charge in [0.15, 0.2) is 0 Å². The van der Waals surface area contributed by atoms with E-state index in [0.717, 1.165) is 19.4 Å². The summed E-state index contributed by atoms with van der Waals surface area (Å²) >= 11 is 0. The predicted octanol–water partition coefficient (Wildman–Crippen LogP) is 3.02. The Morgan fingerprint density at radius 1 is 0.911 bits per heavy atom. The third-order valence-electron chi connectivity index (χ3n) is 7.42. The van der Waals surface area contributed by atoms with Gasteiger partial charge in [-0.3, -0.25) is 14.6 Å². The summed E-state index contributed by atoms with van der Waals surface area (Å²) in [7, 11) is 0. The second-order valence-corrected chi connectivity index (χ2v) is 10.6. The maximum Gasteiger partial charge on any atom is 0.490 e. The number of nitrogens with zero attached hydrogens (tertiary/aromatic N) is 5. The second kappa shape index (κ2) is 14.5. The van der Waals surface area contributed by atoms with Gasteiger partial charge in [0.25, 0.3) is 5.91 Å². The van der Waals surface area contributed by atoms with Crippen molar-refractivity contribution in [1.29, 1.82) is 0 Å². The van der Waals surface area contributed by atoms with E-state index in [4.69, 9.17) is 19.8 Å². The minimum atomic E-state index is -5.08. The van der Waals surface area contributed by atoms with Gasteiger partial charge in [-0.15, -0.1) is 0 Å². The van der Waals surface area contributed by atoms with E-state index in [2.05, 4.69) is 25.2 Å². The van der Waals surface area contributed by atoms with Gasteiger partial charge in [-0.1, -0.05) is 0 Å². The topological polar surface area (TPSA) is 166 Å². The van der Waals surface area contributed by atoms with Gasteiger partial charge in [-0.2, -0.15) is 26.3 Å². The number of carbonyl (C=O) groups is 4. The lowest BCUT2D eigenvalue weighted by Gasteiger charge is -2.32. The number of fused-ring (bicyclic) bond motifs is 1. The zero-order valence-electron chi connectivity index (χ0n) is 23.6. The van der Waals surface area contributed by atoms with E-state index in [-0.39, 0.29) is 17.7 Å². The van der Waals surface area contributed by atoms with Gasteiger partial charge in [-0.25, -0.2) is 19.6 Å². The van der Waals surface area contributed by atoms with Crippen molar-refractivity contribution in [2.75, 3.05) is 37.6 Å². The number of anilines is 1. The van der Waals surface area contributed by atoms with Crippen LogP contribution in [0.25, 0.3) is 0 Å². The second-order valence-electron chi connectivity index (χ2n) is 10.6. The first-order valence-electron chi connectivity index (χ1n) is 13.6. The molecule has 1 aliphatic carbocycles. The minimum Gasteiger partial charge on any atom is -0.475 e. The number of hydrogen-bond acceptors (Lipinski definition) is 8. The normalized spacial score (nSPS) is 21.2. The Morgan fingerprint density at radius 3 is 1.98 bits per heavy atom. The number of pyridine rings is 1. The molecule has 3 aliphatic rings. The van der Waals surface area contributed by atoms with Crippen molar-refractivity contribution in [2.24, 2.45) is 17.3 Å². The SMILES string of the molecule is O=C(O)C(F)(F)F.O=C(O)C(F)(F)F.O=C(c1ccncc1)N1CCC[C@]2(C(=O)NCC3CC3)CN(c3ncccn3)C[C@@H]2C1. The molecule has 0 radical (unpaired) electrons. The highest BCUT2D eigenvalue weighted by molar-refractivity contribution is 5.94. The van der Waals surface area contributed by atoms with Crippen LogP contribution in [0.2, 0.25) is 0 Å². The van der Waals surface area contributed by atoms with Crippen molar-refractivity contribution in [3.05, 3.63) is 48.5 Å². The molecule has 5 rings (SSSR count). The van der Waals surface area contributed by atoms with E-state index in [9.17, 15) is 35.9 Å². The number of rotatable bonds is 5. The fourth-order valence-electron chi connectivity index (χ4n) is 5.01. The average Bonchev–Trinajstić information content (AvgIpc) is 3.78. The van der Waals surface area contributed by atoms with E-state index in [1.165, 1.54) is 12.8 Å². The number of amides is 2. The Hall–Kier alpha value is -4.51. The van der Waals surface area contributed by atoms with E-state index < -0.39 is 29.7 Å². The quantitative estimate of drug-likeness (QED) is 0.411. The van der Waals surface area contributed by atoms with Gasteiger partial charge in [0, 0.05) is 69.0 Å². The molecule has 3 N–H and O–H groups in total. The van der Waals surface area contributed by atoms with Crippen molar-refractivity contribution < 1.29 is 55.7 Å². The Kier molecular flexibility index (Phi) is 11.3. The molecule has 3 fully saturated rings. The molecule has 18 heteroatoms. The van der Waals surface area contributed by atoms with Crippen LogP contribution in [0.5, 0.6) is 0 Å². The number of aromatic nitrogens is 3. The first kappa shape index (κ1) is 35.0. The predicted molar refractivity (Wildman–Crippen MR) is 143 cm³/mol. The van der Waals surface area contributed by atoms with Gasteiger partial charge in [-0.05, 0) is 49.8 Å². The molecule has 246 valence electrons. The highest BCUT2D eigenvalue weighted by Crippen LogP contribution is 2.44. The molecule has 2 aromatic rings. The number of alkyl halides is 6. The fourth-order valence-corrected chi connectivity index (χ4v) is 5.01. The number of carbonyl (C=O) groups excluding carboxylic acids is 2. The van der Waals surface area contributed by atoms with Crippen molar-refractivity contribution >= 4 is 29.7 Å². The molecule has 0 unspecified atom stereocenters. The number of nitrogens with one attached hydrogen (secondary N) is 1. The fraction of sp³-hybridized carbons (Fsp3) is 0.519. The van der Waals surface area contributed by atoms with Gasteiger partial charge in [0.05, 0.1) is 5.41 Å². The van der Waals surface area contributed by atoms with E-state index in [1.54, 1.807) is 43.0 Å². The first-order valence-corrected chi connectivity index (χ1v) is 13.6. The molecule has 0 aromatic carbocycles. The third-order valence-corrected chi connectivity index (χ3v) is 7.42. The molecule has 12 nitrogen and oxygen atoms in total. The van der Waals surface area contributed by atoms with E-state index in [1.807, 2.05) is 4.90 Å². The standard InChI is InChI=1S/C23H28N6O2.2C2HF3O2/c30-20(18-5-10-24-11-6-18)28-12-1-7-23(21(31)27-13-17-3-4-17)16-29(15-19(23)14-28)22-25-8-2-9-26-22;2*3-2(4,5)1(6)7/h2,5-6,8-11,17,19H,1,3-4,7,12-16H2,(H,27,31);2*(H,6,7)/t19-,23-;;/m0../s1. The summed E-state index contributed by atoms with van der Waals surface area (Å²) in [5.41, 5.74) is 0.114. The zero-order chi connectivity index (χ0) is 33.4. The van der Waals surface area contributed by atoms with Crippen molar-refractivity contribution in [1.82, 2.24) is 25.2 Å². The third kappa shape index (κ3) is 9.74. The smallest absolute Gasteiger partial charge is 0.475 e. The Bertz CT molecular complexity index is 1310. The van der Waals surface area contributed by atoms with Crippen LogP contribution in [0, 0.1) is 17.3 Å². The Labute approximate surface area is 252 Å². The van der Waals surface area contributed by atoms with Crippen LogP contribution in [-0.2, 0) is 14.4 Å². The zero-order valence-corrected chi connectivity index (χ0v) is 23.6. The summed E-state index contributed by atoms with van der Waals surface area (Å²) in [4.78, 5) is 61.3. The van der Waals surface area contributed by atoms with Crippen LogP contribution in [0.4, 0.5) is 32.3 Å². The highest BCUT2D eigenvalue weighted by atomic mass is 19.4. The number of likely N-dealkylation sites (tertiary alicyclic amines) is 1. The van der Waals surface area contributed by atoms with Gasteiger partial charge in [0.1, 0.15) is 0 Å². The summed E-state index contributed by atoms with van der Waals surface area (Å²) in [5, 5.41) is 17.5. The molecule has 2 amide bonds. The molecule has 4 heterocycles. The van der Waals surface area contributed by atoms with Gasteiger partial charge < -0.3 is 25.3 Å². The van der Waals surface area contributed by atoms with Gasteiger partial charge >= 0.3 is 24.3 Å². The maximum atomic E-state index is 13.5. The van der Waals surface area contributed by atoms with E-state index in [0.29, 0.717) is 43.6 Å². The number of hydrogen-bond donors (Lipinski definition) is 3. The molecule has 2 atom stereocenters. The van der Waals surface area contributed by atoms with Crippen LogP contribution in [0.3, 0.4) is 0 Å². The summed E-state index contributed by atoms with van der Waals surface area (Å²) < 4.78 is 63.5. The molecule has 2 aliphatic heterocycles. The lowest BCUT2D eigenvalue weighted by atomic mass is 9.74. The van der Waals surface area contributed by atoms with Gasteiger partial charge in [0.2, 0.25) is 11.9 Å². The van der Waals surface area contributed by atoms with E-state index >= 15 is 0 Å². The average molecular weight is 649 g/mol. The number of halogens is 6. The first-order chi connectivity index (χ1) is 21.0. The molecule has 1 saturated carbocycles. The van der Waals surface area contributed by atoms with Crippen LogP contribution >= 0.6 is 0 Å². The summed E-state index contributed by atoms with van der Waals surface area (Å²) in [6.45, 7) is 3.24. The van der Waals surface area contributed by atoms with Crippen LogP contribution in [0.15, 0.2) is 43.0 Å². The number of aliphatic carboxylic acids is 2. The highest BCUT2D eigenvalue weighted by Gasteiger charge is 2.54. The minimum absolute atomic E-state index is 0.00556.